The maximum atomic E-state index is 11.0. The van der Waals surface area contributed by atoms with Crippen molar-refractivity contribution in [1.29, 1.82) is 0 Å². The van der Waals surface area contributed by atoms with Crippen LogP contribution in [0.5, 0.6) is 5.75 Å². The average molecular weight is 206 g/mol. The monoisotopic (exact) mass is 206 g/mol. The molecule has 15 heavy (non-hydrogen) atoms. The molecule has 1 saturated carbocycles. The molecule has 1 aromatic heterocycles. The van der Waals surface area contributed by atoms with Gasteiger partial charge in [0, 0.05) is 11.8 Å². The Morgan fingerprint density at radius 3 is 2.87 bits per heavy atom. The fourth-order valence-electron chi connectivity index (χ4n) is 1.16. The van der Waals surface area contributed by atoms with E-state index in [-0.39, 0.29) is 11.8 Å². The Labute approximate surface area is 86.2 Å². The number of aromatic nitrogens is 1. The molecule has 78 valence electrons. The zero-order chi connectivity index (χ0) is 10.8. The Kier molecular flexibility index (Phi) is 2.37. The number of rotatable bonds is 4. The van der Waals surface area contributed by atoms with Crippen molar-refractivity contribution in [2.24, 2.45) is 5.73 Å². The number of carbonyl (C=O) groups excluding carboxylic acids is 2. The quantitative estimate of drug-likeness (QED) is 0.728. The number of nitrogens with two attached hydrogens (primary N) is 1. The average Bonchev–Trinajstić information content (AvgIpc) is 3.01. The molecule has 0 atom stereocenters. The van der Waals surface area contributed by atoms with E-state index in [0.717, 1.165) is 12.8 Å². The van der Waals surface area contributed by atoms with Crippen LogP contribution in [0.15, 0.2) is 12.3 Å². The van der Waals surface area contributed by atoms with Gasteiger partial charge in [-0.05, 0) is 18.9 Å². The molecule has 1 aromatic rings. The van der Waals surface area contributed by atoms with Gasteiger partial charge >= 0.3 is 0 Å². The summed E-state index contributed by atoms with van der Waals surface area (Å²) in [5.74, 6) is -0.349. The highest BCUT2D eigenvalue weighted by Gasteiger charge is 2.26. The number of hydrogen-bond acceptors (Lipinski definition) is 4. The first-order chi connectivity index (χ1) is 7.20. The smallest absolute Gasteiger partial charge is 0.271 e. The van der Waals surface area contributed by atoms with Crippen LogP contribution in [0.4, 0.5) is 0 Å². The van der Waals surface area contributed by atoms with Gasteiger partial charge in [0.25, 0.3) is 5.91 Å². The molecule has 5 heteroatoms. The lowest BCUT2D eigenvalue weighted by molar-refractivity contribution is 0.0989. The van der Waals surface area contributed by atoms with Crippen molar-refractivity contribution >= 4 is 12.2 Å². The summed E-state index contributed by atoms with van der Waals surface area (Å²) in [7, 11) is 0. The van der Waals surface area contributed by atoms with Gasteiger partial charge in [-0.2, -0.15) is 0 Å². The van der Waals surface area contributed by atoms with Crippen molar-refractivity contribution in [1.82, 2.24) is 4.98 Å². The van der Waals surface area contributed by atoms with E-state index in [4.69, 9.17) is 10.5 Å². The van der Waals surface area contributed by atoms with Crippen LogP contribution in [0.1, 0.15) is 33.7 Å². The first-order valence-electron chi connectivity index (χ1n) is 4.62. The minimum absolute atomic E-state index is 0.0764. The third-order valence-electron chi connectivity index (χ3n) is 2.06. The molecular weight excluding hydrogens is 196 g/mol. The van der Waals surface area contributed by atoms with Crippen molar-refractivity contribution in [3.05, 3.63) is 23.5 Å². The van der Waals surface area contributed by atoms with Gasteiger partial charge in [-0.3, -0.25) is 9.59 Å². The van der Waals surface area contributed by atoms with E-state index >= 15 is 0 Å². The predicted molar refractivity (Wildman–Crippen MR) is 51.8 cm³/mol. The van der Waals surface area contributed by atoms with Gasteiger partial charge in [0.1, 0.15) is 0 Å². The SMILES string of the molecule is NC(=O)c1ncc(C=O)cc1OC1CC1. The summed E-state index contributed by atoms with van der Waals surface area (Å²) in [5.41, 5.74) is 5.58. The van der Waals surface area contributed by atoms with Gasteiger partial charge in [0.15, 0.2) is 17.7 Å². The van der Waals surface area contributed by atoms with E-state index in [0.29, 0.717) is 17.6 Å². The maximum absolute atomic E-state index is 11.0. The molecule has 0 unspecified atom stereocenters. The van der Waals surface area contributed by atoms with Crippen molar-refractivity contribution in [3.63, 3.8) is 0 Å². The highest BCUT2D eigenvalue weighted by Crippen LogP contribution is 2.28. The minimum atomic E-state index is -0.650. The first-order valence-corrected chi connectivity index (χ1v) is 4.62. The van der Waals surface area contributed by atoms with Crippen molar-refractivity contribution in [2.45, 2.75) is 18.9 Å². The first kappa shape index (κ1) is 9.64. The predicted octanol–water partition coefficient (Wildman–Crippen LogP) is 0.534. The molecule has 0 aliphatic heterocycles. The Morgan fingerprint density at radius 2 is 2.33 bits per heavy atom. The summed E-state index contributed by atoms with van der Waals surface area (Å²) in [6.45, 7) is 0. The molecule has 0 aromatic carbocycles. The molecule has 2 rings (SSSR count). The largest absolute Gasteiger partial charge is 0.488 e. The third kappa shape index (κ3) is 2.12. The second-order valence-electron chi connectivity index (χ2n) is 3.41. The molecule has 5 nitrogen and oxygen atoms in total. The molecule has 0 saturated heterocycles. The molecule has 0 radical (unpaired) electrons. The number of primary amides is 1. The number of ether oxygens (including phenoxy) is 1. The van der Waals surface area contributed by atoms with Gasteiger partial charge in [-0.15, -0.1) is 0 Å². The van der Waals surface area contributed by atoms with E-state index in [2.05, 4.69) is 4.98 Å². The highest BCUT2D eigenvalue weighted by molar-refractivity contribution is 5.94. The molecule has 2 N–H and O–H groups in total. The summed E-state index contributed by atoms with van der Waals surface area (Å²) >= 11 is 0. The minimum Gasteiger partial charge on any atom is -0.488 e. The summed E-state index contributed by atoms with van der Waals surface area (Å²) in [5, 5.41) is 0. The summed E-state index contributed by atoms with van der Waals surface area (Å²) in [6.07, 6.45) is 4.00. The molecule has 0 bridgehead atoms. The van der Waals surface area contributed by atoms with E-state index in [1.54, 1.807) is 0 Å². The lowest BCUT2D eigenvalue weighted by Gasteiger charge is -2.07. The van der Waals surface area contributed by atoms with Crippen molar-refractivity contribution in [3.8, 4) is 5.75 Å². The zero-order valence-electron chi connectivity index (χ0n) is 7.97. The fraction of sp³-hybridized carbons (Fsp3) is 0.300. The van der Waals surface area contributed by atoms with Gasteiger partial charge in [0.2, 0.25) is 0 Å². The van der Waals surface area contributed by atoms with Crippen LogP contribution in [0, 0.1) is 0 Å². The van der Waals surface area contributed by atoms with E-state index in [9.17, 15) is 9.59 Å². The summed E-state index contributed by atoms with van der Waals surface area (Å²) in [4.78, 5) is 25.3. The normalized spacial score (nSPS) is 14.7. The molecular formula is C10H10N2O3. The van der Waals surface area contributed by atoms with Crippen LogP contribution in [0.25, 0.3) is 0 Å². The Hall–Kier alpha value is -1.91. The molecule has 1 heterocycles. The molecule has 0 spiro atoms. The van der Waals surface area contributed by atoms with Crippen molar-refractivity contribution < 1.29 is 14.3 Å². The van der Waals surface area contributed by atoms with Crippen LogP contribution in [0.2, 0.25) is 0 Å². The zero-order valence-corrected chi connectivity index (χ0v) is 7.97. The standard InChI is InChI=1S/C10H10N2O3/c11-10(14)9-8(15-7-1-2-7)3-6(5-13)4-12-9/h3-5,7H,1-2H2,(H2,11,14). The third-order valence-corrected chi connectivity index (χ3v) is 2.06. The summed E-state index contributed by atoms with van der Waals surface area (Å²) in [6, 6.07) is 1.48. The number of pyridine rings is 1. The van der Waals surface area contributed by atoms with Crippen molar-refractivity contribution in [2.75, 3.05) is 0 Å². The van der Waals surface area contributed by atoms with Crippen LogP contribution >= 0.6 is 0 Å². The van der Waals surface area contributed by atoms with Gasteiger partial charge < -0.3 is 10.5 Å². The van der Waals surface area contributed by atoms with Crippen LogP contribution in [-0.4, -0.2) is 23.3 Å². The molecule has 1 aliphatic carbocycles. The summed E-state index contributed by atoms with van der Waals surface area (Å²) < 4.78 is 5.44. The number of carbonyl (C=O) groups is 2. The van der Waals surface area contributed by atoms with E-state index in [1.165, 1.54) is 12.3 Å². The fourth-order valence-corrected chi connectivity index (χ4v) is 1.16. The van der Waals surface area contributed by atoms with Crippen LogP contribution in [0.3, 0.4) is 0 Å². The van der Waals surface area contributed by atoms with Gasteiger partial charge in [0.05, 0.1) is 6.10 Å². The van der Waals surface area contributed by atoms with E-state index in [1.807, 2.05) is 0 Å². The topological polar surface area (TPSA) is 82.3 Å². The molecule has 1 fully saturated rings. The Balaban J connectivity index is 2.34. The second-order valence-corrected chi connectivity index (χ2v) is 3.41. The highest BCUT2D eigenvalue weighted by atomic mass is 16.5. The number of amides is 1. The number of nitrogens with zero attached hydrogens (tertiary/aromatic N) is 1. The second kappa shape index (κ2) is 3.68. The molecule has 1 aliphatic rings. The lowest BCUT2D eigenvalue weighted by Crippen LogP contribution is -2.16. The van der Waals surface area contributed by atoms with Crippen LogP contribution < -0.4 is 10.5 Å². The van der Waals surface area contributed by atoms with E-state index < -0.39 is 5.91 Å². The number of aldehydes is 1. The Bertz CT molecular complexity index is 413. The van der Waals surface area contributed by atoms with Gasteiger partial charge in [-0.25, -0.2) is 4.98 Å². The maximum Gasteiger partial charge on any atom is 0.271 e. The van der Waals surface area contributed by atoms with Crippen LogP contribution in [-0.2, 0) is 0 Å². The Morgan fingerprint density at radius 1 is 1.60 bits per heavy atom. The van der Waals surface area contributed by atoms with Gasteiger partial charge in [-0.1, -0.05) is 0 Å². The molecule has 1 amide bonds. The number of hydrogen-bond donors (Lipinski definition) is 1. The lowest BCUT2D eigenvalue weighted by atomic mass is 10.2.